The van der Waals surface area contributed by atoms with Gasteiger partial charge in [0.1, 0.15) is 11.5 Å². The maximum absolute atomic E-state index is 12.6. The summed E-state index contributed by atoms with van der Waals surface area (Å²) in [7, 11) is 1.36. The minimum Gasteiger partial charge on any atom is -0.469 e. The van der Waals surface area contributed by atoms with Crippen molar-refractivity contribution >= 4 is 11.9 Å². The van der Waals surface area contributed by atoms with Crippen LogP contribution >= 0.6 is 0 Å². The third-order valence-corrected chi connectivity index (χ3v) is 4.73. The monoisotopic (exact) mass is 265 g/mol. The van der Waals surface area contributed by atoms with Crippen LogP contribution in [0.5, 0.6) is 0 Å². The Morgan fingerprint density at radius 3 is 3.05 bits per heavy atom. The zero-order valence-corrected chi connectivity index (χ0v) is 11.5. The minimum atomic E-state index is -0.607. The van der Waals surface area contributed by atoms with Gasteiger partial charge in [-0.1, -0.05) is 19.1 Å². The van der Waals surface area contributed by atoms with Crippen molar-refractivity contribution in [3.8, 4) is 0 Å². The molecule has 19 heavy (non-hydrogen) atoms. The minimum absolute atomic E-state index is 0.0246. The lowest BCUT2D eigenvalue weighted by atomic mass is 9.77. The molecule has 3 aliphatic rings. The van der Waals surface area contributed by atoms with Crippen LogP contribution in [0.3, 0.4) is 0 Å². The van der Waals surface area contributed by atoms with Crippen molar-refractivity contribution < 1.29 is 19.1 Å². The third-order valence-electron chi connectivity index (χ3n) is 4.73. The molecule has 5 atom stereocenters. The highest BCUT2D eigenvalue weighted by atomic mass is 16.5. The molecule has 5 heteroatoms. The maximum Gasteiger partial charge on any atom is 0.312 e. The van der Waals surface area contributed by atoms with Crippen LogP contribution in [0.15, 0.2) is 12.2 Å². The molecule has 3 aliphatic heterocycles. The topological polar surface area (TPSA) is 55.8 Å². The van der Waals surface area contributed by atoms with Crippen LogP contribution in [0, 0.1) is 11.8 Å². The fraction of sp³-hybridized carbons (Fsp3) is 0.714. The molecule has 2 bridgehead atoms. The lowest BCUT2D eigenvalue weighted by Gasteiger charge is -2.26. The van der Waals surface area contributed by atoms with E-state index in [0.717, 1.165) is 6.42 Å². The van der Waals surface area contributed by atoms with Gasteiger partial charge in [0.25, 0.3) is 0 Å². The van der Waals surface area contributed by atoms with E-state index in [1.807, 2.05) is 24.0 Å². The molecule has 0 aromatic rings. The number of fused-ring (bicyclic) bond motifs is 1. The summed E-state index contributed by atoms with van der Waals surface area (Å²) in [6.45, 7) is 4.63. The average Bonchev–Trinajstić information content (AvgIpc) is 3.05. The summed E-state index contributed by atoms with van der Waals surface area (Å²) in [5, 5.41) is 0. The Hall–Kier alpha value is -1.36. The molecule has 0 aliphatic carbocycles. The van der Waals surface area contributed by atoms with E-state index >= 15 is 0 Å². The highest BCUT2D eigenvalue weighted by Crippen LogP contribution is 2.52. The second kappa shape index (κ2) is 4.07. The van der Waals surface area contributed by atoms with E-state index in [2.05, 4.69) is 6.92 Å². The Morgan fingerprint density at radius 1 is 1.68 bits per heavy atom. The second-order valence-electron chi connectivity index (χ2n) is 5.65. The van der Waals surface area contributed by atoms with Crippen molar-refractivity contribution in [1.82, 2.24) is 4.90 Å². The Kier molecular flexibility index (Phi) is 2.71. The third kappa shape index (κ3) is 1.51. The van der Waals surface area contributed by atoms with Gasteiger partial charge in [0.15, 0.2) is 0 Å². The number of rotatable bonds is 3. The lowest BCUT2D eigenvalue weighted by Crippen LogP contribution is -2.40. The van der Waals surface area contributed by atoms with Gasteiger partial charge in [-0.15, -0.1) is 0 Å². The standard InChI is InChI=1S/C14H19NO4/c1-4-8(2)15-7-14-6-5-9(19-14)10(13(17)18-3)11(14)12(15)16/h5-6,8-11H,4,7H2,1-3H3/t8?,9-,10?,11+,14-/m1/s1. The predicted octanol–water partition coefficient (Wildman–Crippen LogP) is 0.740. The number of nitrogens with zero attached hydrogens (tertiary/aromatic N) is 1. The zero-order chi connectivity index (χ0) is 13.8. The summed E-state index contributed by atoms with van der Waals surface area (Å²) >= 11 is 0. The van der Waals surface area contributed by atoms with E-state index in [4.69, 9.17) is 9.47 Å². The molecule has 2 unspecified atom stereocenters. The lowest BCUT2D eigenvalue weighted by molar-refractivity contribution is -0.151. The van der Waals surface area contributed by atoms with Crippen molar-refractivity contribution in [3.05, 3.63) is 12.2 Å². The van der Waals surface area contributed by atoms with Crippen molar-refractivity contribution in [1.29, 1.82) is 0 Å². The average molecular weight is 265 g/mol. The fourth-order valence-corrected chi connectivity index (χ4v) is 3.53. The van der Waals surface area contributed by atoms with Crippen LogP contribution in [0.4, 0.5) is 0 Å². The summed E-state index contributed by atoms with van der Waals surface area (Å²) in [5.41, 5.74) is -0.607. The highest BCUT2D eigenvalue weighted by molar-refractivity contribution is 5.91. The number of methoxy groups -OCH3 is 1. The van der Waals surface area contributed by atoms with Gasteiger partial charge in [0.2, 0.25) is 5.91 Å². The van der Waals surface area contributed by atoms with Gasteiger partial charge < -0.3 is 14.4 Å². The quantitative estimate of drug-likeness (QED) is 0.558. The second-order valence-corrected chi connectivity index (χ2v) is 5.65. The Morgan fingerprint density at radius 2 is 2.42 bits per heavy atom. The van der Waals surface area contributed by atoms with Crippen LogP contribution in [0.25, 0.3) is 0 Å². The van der Waals surface area contributed by atoms with Crippen LogP contribution in [0.2, 0.25) is 0 Å². The van der Waals surface area contributed by atoms with Crippen molar-refractivity contribution in [3.63, 3.8) is 0 Å². The molecule has 0 N–H and O–H groups in total. The Labute approximate surface area is 112 Å². The van der Waals surface area contributed by atoms with Gasteiger partial charge >= 0.3 is 5.97 Å². The van der Waals surface area contributed by atoms with Crippen LogP contribution in [-0.2, 0) is 19.1 Å². The molecule has 0 radical (unpaired) electrons. The van der Waals surface area contributed by atoms with E-state index in [1.165, 1.54) is 7.11 Å². The van der Waals surface area contributed by atoms with Crippen molar-refractivity contribution in [2.75, 3.05) is 13.7 Å². The number of carbonyl (C=O) groups excluding carboxylic acids is 2. The molecule has 1 spiro atoms. The largest absolute Gasteiger partial charge is 0.469 e. The number of carbonyl (C=O) groups is 2. The van der Waals surface area contributed by atoms with E-state index in [0.29, 0.717) is 6.54 Å². The summed E-state index contributed by atoms with van der Waals surface area (Å²) in [6.07, 6.45) is 4.44. The summed E-state index contributed by atoms with van der Waals surface area (Å²) in [4.78, 5) is 26.4. The molecule has 3 rings (SSSR count). The SMILES string of the molecule is CCC(C)N1C[C@@]23C=C[C@@H](O2)C(C(=O)OC)[C@H]3C1=O. The van der Waals surface area contributed by atoms with E-state index in [-0.39, 0.29) is 24.0 Å². The molecule has 0 aromatic heterocycles. The normalized spacial score (nSPS) is 40.7. The molecular formula is C14H19NO4. The predicted molar refractivity (Wildman–Crippen MR) is 67.2 cm³/mol. The number of likely N-dealkylation sites (tertiary alicyclic amines) is 1. The number of hydrogen-bond acceptors (Lipinski definition) is 4. The summed E-state index contributed by atoms with van der Waals surface area (Å²) < 4.78 is 10.8. The molecular weight excluding hydrogens is 246 g/mol. The van der Waals surface area contributed by atoms with Crippen LogP contribution in [-0.4, -0.2) is 48.2 Å². The van der Waals surface area contributed by atoms with Gasteiger partial charge in [0.05, 0.1) is 25.7 Å². The van der Waals surface area contributed by atoms with E-state index < -0.39 is 17.4 Å². The highest BCUT2D eigenvalue weighted by Gasteiger charge is 2.67. The molecule has 0 saturated carbocycles. The van der Waals surface area contributed by atoms with E-state index in [9.17, 15) is 9.59 Å². The van der Waals surface area contributed by atoms with Gasteiger partial charge in [-0.25, -0.2) is 0 Å². The molecule has 2 fully saturated rings. The van der Waals surface area contributed by atoms with Gasteiger partial charge in [0, 0.05) is 6.04 Å². The fourth-order valence-electron chi connectivity index (χ4n) is 3.53. The first kappa shape index (κ1) is 12.7. The maximum atomic E-state index is 12.6. The van der Waals surface area contributed by atoms with Gasteiger partial charge in [-0.3, -0.25) is 9.59 Å². The van der Waals surface area contributed by atoms with Crippen molar-refractivity contribution in [2.24, 2.45) is 11.8 Å². The number of esters is 1. The first-order valence-corrected chi connectivity index (χ1v) is 6.79. The summed E-state index contributed by atoms with van der Waals surface area (Å²) in [5.74, 6) is -1.22. The van der Waals surface area contributed by atoms with E-state index in [1.54, 1.807) is 0 Å². The van der Waals surface area contributed by atoms with Crippen LogP contribution in [0.1, 0.15) is 20.3 Å². The molecule has 1 amide bonds. The molecule has 104 valence electrons. The van der Waals surface area contributed by atoms with Gasteiger partial charge in [-0.05, 0) is 13.3 Å². The molecule has 2 saturated heterocycles. The molecule has 3 heterocycles. The molecule has 0 aromatic carbocycles. The van der Waals surface area contributed by atoms with Crippen molar-refractivity contribution in [2.45, 2.75) is 38.0 Å². The summed E-state index contributed by atoms with van der Waals surface area (Å²) in [6, 6.07) is 0.168. The Bertz CT molecular complexity index is 460. The smallest absolute Gasteiger partial charge is 0.312 e. The van der Waals surface area contributed by atoms with Crippen LogP contribution < -0.4 is 0 Å². The van der Waals surface area contributed by atoms with Gasteiger partial charge in [-0.2, -0.15) is 0 Å². The number of amides is 1. The first-order chi connectivity index (χ1) is 9.04. The number of ether oxygens (including phenoxy) is 2. The number of hydrogen-bond donors (Lipinski definition) is 0. The zero-order valence-electron chi connectivity index (χ0n) is 11.5. The Balaban J connectivity index is 1.95. The first-order valence-electron chi connectivity index (χ1n) is 6.79. The molecule has 5 nitrogen and oxygen atoms in total.